The van der Waals surface area contributed by atoms with Crippen molar-refractivity contribution in [2.45, 2.75) is 20.8 Å². The van der Waals surface area contributed by atoms with E-state index in [1.807, 2.05) is 45.0 Å². The number of nitrogens with two attached hydrogens (primary N) is 1. The lowest BCUT2D eigenvalue weighted by Gasteiger charge is -2.18. The van der Waals surface area contributed by atoms with Gasteiger partial charge in [-0.15, -0.1) is 0 Å². The summed E-state index contributed by atoms with van der Waals surface area (Å²) in [6, 6.07) is 7.37. The lowest BCUT2D eigenvalue weighted by Crippen LogP contribution is -2.33. The zero-order valence-electron chi connectivity index (χ0n) is 11.3. The van der Waals surface area contributed by atoms with E-state index in [2.05, 4.69) is 5.32 Å². The fourth-order valence-corrected chi connectivity index (χ4v) is 1.75. The van der Waals surface area contributed by atoms with Gasteiger partial charge < -0.3 is 15.8 Å². The molecule has 4 heteroatoms. The highest BCUT2D eigenvalue weighted by molar-refractivity contribution is 5.93. The maximum Gasteiger partial charge on any atom is 0.229 e. The second-order valence-electron chi connectivity index (χ2n) is 4.54. The minimum Gasteiger partial charge on any atom is -0.494 e. The number of carbonyl (C=O) groups is 1. The molecule has 18 heavy (non-hydrogen) atoms. The van der Waals surface area contributed by atoms with Crippen molar-refractivity contribution < 1.29 is 9.53 Å². The Balaban J connectivity index is 2.71. The van der Waals surface area contributed by atoms with Crippen LogP contribution >= 0.6 is 0 Å². The van der Waals surface area contributed by atoms with Gasteiger partial charge in [-0.2, -0.15) is 0 Å². The third-order valence-electron chi connectivity index (χ3n) is 2.81. The average Bonchev–Trinajstić information content (AvgIpc) is 2.30. The van der Waals surface area contributed by atoms with Gasteiger partial charge in [0.25, 0.3) is 0 Å². The van der Waals surface area contributed by atoms with E-state index in [0.717, 1.165) is 11.4 Å². The smallest absolute Gasteiger partial charge is 0.229 e. The number of nitrogens with one attached hydrogen (secondary N) is 1. The maximum absolute atomic E-state index is 12.0. The number of benzene rings is 1. The zero-order valence-corrected chi connectivity index (χ0v) is 11.3. The molecular formula is C14H22N2O2. The second kappa shape index (κ2) is 7.01. The Kier molecular flexibility index (Phi) is 5.65. The predicted molar refractivity (Wildman–Crippen MR) is 73.6 cm³/mol. The second-order valence-corrected chi connectivity index (χ2v) is 4.54. The molecule has 1 aromatic carbocycles. The molecule has 1 rings (SSSR count). The van der Waals surface area contributed by atoms with Crippen LogP contribution in [-0.4, -0.2) is 19.1 Å². The molecule has 1 unspecified atom stereocenters. The molecule has 0 bridgehead atoms. The minimum absolute atomic E-state index is 0.0406. The van der Waals surface area contributed by atoms with Gasteiger partial charge in [0.05, 0.1) is 12.5 Å². The summed E-state index contributed by atoms with van der Waals surface area (Å²) in [4.78, 5) is 12.0. The fourth-order valence-electron chi connectivity index (χ4n) is 1.75. The largest absolute Gasteiger partial charge is 0.494 e. The normalized spacial score (nSPS) is 12.3. The fraction of sp³-hybridized carbons (Fsp3) is 0.500. The van der Waals surface area contributed by atoms with Crippen LogP contribution < -0.4 is 15.8 Å². The SMILES string of the molecule is CCOc1cccc(NC(=O)C(CN)C(C)C)c1. The molecule has 0 aliphatic heterocycles. The quantitative estimate of drug-likeness (QED) is 0.814. The Morgan fingerprint density at radius 1 is 1.44 bits per heavy atom. The number of rotatable bonds is 6. The highest BCUT2D eigenvalue weighted by Gasteiger charge is 2.20. The van der Waals surface area contributed by atoms with Crippen LogP contribution in [0.2, 0.25) is 0 Å². The van der Waals surface area contributed by atoms with Crippen molar-refractivity contribution >= 4 is 11.6 Å². The molecule has 3 N–H and O–H groups in total. The third-order valence-corrected chi connectivity index (χ3v) is 2.81. The summed E-state index contributed by atoms with van der Waals surface area (Å²) < 4.78 is 5.39. The summed E-state index contributed by atoms with van der Waals surface area (Å²) in [5.74, 6) is 0.774. The van der Waals surface area contributed by atoms with Gasteiger partial charge in [0, 0.05) is 18.3 Å². The summed E-state index contributed by atoms with van der Waals surface area (Å²) in [6.45, 7) is 6.87. The summed E-state index contributed by atoms with van der Waals surface area (Å²) in [5.41, 5.74) is 6.36. The van der Waals surface area contributed by atoms with E-state index in [9.17, 15) is 4.79 Å². The predicted octanol–water partition coefficient (Wildman–Crippen LogP) is 2.25. The van der Waals surface area contributed by atoms with Crippen LogP contribution in [0.15, 0.2) is 24.3 Å². The standard InChI is InChI=1S/C14H22N2O2/c1-4-18-12-7-5-6-11(8-12)16-14(17)13(9-15)10(2)3/h5-8,10,13H,4,9,15H2,1-3H3,(H,16,17). The topological polar surface area (TPSA) is 64.3 Å². The van der Waals surface area contributed by atoms with Gasteiger partial charge in [-0.1, -0.05) is 19.9 Å². The Labute approximate surface area is 109 Å². The highest BCUT2D eigenvalue weighted by Crippen LogP contribution is 2.19. The van der Waals surface area contributed by atoms with Crippen molar-refractivity contribution in [2.24, 2.45) is 17.6 Å². The van der Waals surface area contributed by atoms with Gasteiger partial charge in [0.2, 0.25) is 5.91 Å². The van der Waals surface area contributed by atoms with E-state index in [1.165, 1.54) is 0 Å². The average molecular weight is 250 g/mol. The lowest BCUT2D eigenvalue weighted by molar-refractivity contribution is -0.120. The monoisotopic (exact) mass is 250 g/mol. The molecule has 4 nitrogen and oxygen atoms in total. The van der Waals surface area contributed by atoms with Gasteiger partial charge >= 0.3 is 0 Å². The first kappa shape index (κ1) is 14.5. The molecular weight excluding hydrogens is 228 g/mol. The number of hydrogen-bond acceptors (Lipinski definition) is 3. The Morgan fingerprint density at radius 3 is 2.72 bits per heavy atom. The van der Waals surface area contributed by atoms with Crippen molar-refractivity contribution in [1.82, 2.24) is 0 Å². The van der Waals surface area contributed by atoms with Crippen LogP contribution in [0, 0.1) is 11.8 Å². The van der Waals surface area contributed by atoms with Crippen molar-refractivity contribution in [2.75, 3.05) is 18.5 Å². The molecule has 0 radical (unpaired) electrons. The number of carbonyl (C=O) groups excluding carboxylic acids is 1. The molecule has 0 fully saturated rings. The summed E-state index contributed by atoms with van der Waals surface area (Å²) >= 11 is 0. The highest BCUT2D eigenvalue weighted by atomic mass is 16.5. The Bertz CT molecular complexity index is 391. The number of hydrogen-bond donors (Lipinski definition) is 2. The summed E-state index contributed by atoms with van der Waals surface area (Å²) in [7, 11) is 0. The van der Waals surface area contributed by atoms with Crippen LogP contribution in [0.5, 0.6) is 5.75 Å². The molecule has 1 atom stereocenters. The molecule has 0 heterocycles. The molecule has 0 saturated heterocycles. The van der Waals surface area contributed by atoms with Crippen LogP contribution in [-0.2, 0) is 4.79 Å². The summed E-state index contributed by atoms with van der Waals surface area (Å²) in [5, 5.41) is 2.87. The molecule has 0 saturated carbocycles. The molecule has 1 aromatic rings. The number of amides is 1. The molecule has 0 aromatic heterocycles. The number of ether oxygens (including phenoxy) is 1. The van der Waals surface area contributed by atoms with Crippen molar-refractivity contribution in [3.05, 3.63) is 24.3 Å². The van der Waals surface area contributed by atoms with E-state index >= 15 is 0 Å². The van der Waals surface area contributed by atoms with Crippen LogP contribution in [0.1, 0.15) is 20.8 Å². The van der Waals surface area contributed by atoms with Gasteiger partial charge in [-0.3, -0.25) is 4.79 Å². The number of anilines is 1. The van der Waals surface area contributed by atoms with E-state index in [4.69, 9.17) is 10.5 Å². The van der Waals surface area contributed by atoms with Crippen LogP contribution in [0.3, 0.4) is 0 Å². The molecule has 0 spiro atoms. The van der Waals surface area contributed by atoms with Gasteiger partial charge in [0.1, 0.15) is 5.75 Å². The molecule has 1 amide bonds. The van der Waals surface area contributed by atoms with Crippen molar-refractivity contribution in [3.63, 3.8) is 0 Å². The minimum atomic E-state index is -0.166. The van der Waals surface area contributed by atoms with E-state index in [1.54, 1.807) is 0 Å². The van der Waals surface area contributed by atoms with E-state index < -0.39 is 0 Å². The maximum atomic E-state index is 12.0. The first-order chi connectivity index (χ1) is 8.58. The van der Waals surface area contributed by atoms with Gasteiger partial charge in [-0.05, 0) is 25.0 Å². The molecule has 0 aliphatic rings. The van der Waals surface area contributed by atoms with E-state index in [-0.39, 0.29) is 17.7 Å². The first-order valence-corrected chi connectivity index (χ1v) is 6.32. The van der Waals surface area contributed by atoms with Crippen LogP contribution in [0.4, 0.5) is 5.69 Å². The summed E-state index contributed by atoms with van der Waals surface area (Å²) in [6.07, 6.45) is 0. The molecule has 0 aliphatic carbocycles. The molecule has 100 valence electrons. The van der Waals surface area contributed by atoms with E-state index in [0.29, 0.717) is 13.2 Å². The Morgan fingerprint density at radius 2 is 2.17 bits per heavy atom. The van der Waals surface area contributed by atoms with Crippen molar-refractivity contribution in [1.29, 1.82) is 0 Å². The van der Waals surface area contributed by atoms with Gasteiger partial charge in [-0.25, -0.2) is 0 Å². The Hall–Kier alpha value is -1.55. The van der Waals surface area contributed by atoms with Crippen LogP contribution in [0.25, 0.3) is 0 Å². The van der Waals surface area contributed by atoms with Gasteiger partial charge in [0.15, 0.2) is 0 Å². The van der Waals surface area contributed by atoms with Crippen molar-refractivity contribution in [3.8, 4) is 5.75 Å². The first-order valence-electron chi connectivity index (χ1n) is 6.32. The lowest BCUT2D eigenvalue weighted by atomic mass is 9.95. The zero-order chi connectivity index (χ0) is 13.5. The third kappa shape index (κ3) is 4.04.